The first-order valence-corrected chi connectivity index (χ1v) is 13.4. The van der Waals surface area contributed by atoms with Gasteiger partial charge in [0.05, 0.1) is 25.4 Å². The number of rotatable bonds is 3. The van der Waals surface area contributed by atoms with Crippen LogP contribution in [0.1, 0.15) is 55.2 Å². The van der Waals surface area contributed by atoms with Gasteiger partial charge in [-0.2, -0.15) is 0 Å². The van der Waals surface area contributed by atoms with E-state index in [0.29, 0.717) is 39.5 Å². The fraction of sp³-hybridized carbons (Fsp3) is 0.519. The van der Waals surface area contributed by atoms with Crippen molar-refractivity contribution in [2.45, 2.75) is 52.4 Å². The van der Waals surface area contributed by atoms with Gasteiger partial charge in [-0.1, -0.05) is 12.1 Å². The Labute approximate surface area is 242 Å². The quantitative estimate of drug-likeness (QED) is 0.532. The van der Waals surface area contributed by atoms with Crippen molar-refractivity contribution in [3.63, 3.8) is 0 Å². The number of hydrogen-bond donors (Lipinski definition) is 2. The van der Waals surface area contributed by atoms with E-state index in [1.807, 2.05) is 52.0 Å². The van der Waals surface area contributed by atoms with Crippen LogP contribution in [0.3, 0.4) is 0 Å². The van der Waals surface area contributed by atoms with Gasteiger partial charge in [0.15, 0.2) is 0 Å². The minimum Gasteiger partial charge on any atom is -0.492 e. The van der Waals surface area contributed by atoms with Crippen molar-refractivity contribution in [3.8, 4) is 11.5 Å². The Hall–Kier alpha value is -2.47. The molecular formula is C27H37B2ClN2O8. The maximum absolute atomic E-state index is 11.9. The Morgan fingerprint density at radius 1 is 0.900 bits per heavy atom. The van der Waals surface area contributed by atoms with Crippen LogP contribution in [0.2, 0.25) is 0 Å². The van der Waals surface area contributed by atoms with E-state index in [1.54, 1.807) is 0 Å². The van der Waals surface area contributed by atoms with E-state index >= 15 is 0 Å². The van der Waals surface area contributed by atoms with Crippen molar-refractivity contribution in [1.29, 1.82) is 0 Å². The van der Waals surface area contributed by atoms with Gasteiger partial charge in [-0.3, -0.25) is 0 Å². The van der Waals surface area contributed by atoms with Gasteiger partial charge >= 0.3 is 20.3 Å². The molecule has 0 saturated carbocycles. The minimum absolute atomic E-state index is 0. The average Bonchev–Trinajstić information content (AvgIpc) is 3.29. The first-order chi connectivity index (χ1) is 18.7. The molecule has 13 heteroatoms. The lowest BCUT2D eigenvalue weighted by atomic mass is 9.76. The van der Waals surface area contributed by atoms with Crippen molar-refractivity contribution in [2.24, 2.45) is 5.73 Å². The van der Waals surface area contributed by atoms with E-state index in [0.717, 1.165) is 39.1 Å². The molecular weight excluding hydrogens is 537 g/mol. The monoisotopic (exact) mass is 574 g/mol. The van der Waals surface area contributed by atoms with Gasteiger partial charge in [0.2, 0.25) is 0 Å². The number of nitrogens with one attached hydrogen (secondary N) is 1. The largest absolute Gasteiger partial charge is 0.498 e. The van der Waals surface area contributed by atoms with Gasteiger partial charge in [-0.25, -0.2) is 4.79 Å². The van der Waals surface area contributed by atoms with Crippen LogP contribution in [0.4, 0.5) is 4.79 Å². The average molecular weight is 575 g/mol. The summed E-state index contributed by atoms with van der Waals surface area (Å²) < 4.78 is 39.7. The second-order valence-electron chi connectivity index (χ2n) is 10.9. The van der Waals surface area contributed by atoms with Gasteiger partial charge in [-0.05, 0) is 69.0 Å². The lowest BCUT2D eigenvalue weighted by Gasteiger charge is -2.21. The summed E-state index contributed by atoms with van der Waals surface area (Å²) >= 11 is 0. The fourth-order valence-corrected chi connectivity index (χ4v) is 5.29. The molecule has 0 aromatic heterocycles. The minimum atomic E-state index is -0.526. The molecule has 2 aromatic carbocycles. The topological polar surface area (TPSA) is 120 Å². The molecule has 0 saturated heterocycles. The first-order valence-electron chi connectivity index (χ1n) is 13.4. The molecule has 0 bridgehead atoms. The third-order valence-corrected chi connectivity index (χ3v) is 6.89. The van der Waals surface area contributed by atoms with Crippen LogP contribution in [0.5, 0.6) is 11.5 Å². The van der Waals surface area contributed by atoms with Gasteiger partial charge in [-0.15, -0.1) is 12.4 Å². The number of alkyl carbamates (subject to hydrolysis) is 1. The zero-order valence-electron chi connectivity index (χ0n) is 23.6. The molecule has 3 N–H and O–H groups in total. The Morgan fingerprint density at radius 3 is 1.90 bits per heavy atom. The maximum atomic E-state index is 11.9. The molecule has 0 spiro atoms. The molecule has 216 valence electrons. The predicted molar refractivity (Wildman–Crippen MR) is 154 cm³/mol. The Balaban J connectivity index is 0.000000191. The number of nitrogens with two attached hydrogens (primary N) is 1. The molecule has 40 heavy (non-hydrogen) atoms. The van der Waals surface area contributed by atoms with Crippen molar-refractivity contribution >= 4 is 43.7 Å². The highest BCUT2D eigenvalue weighted by molar-refractivity contribution is 6.64. The highest BCUT2D eigenvalue weighted by Gasteiger charge is 2.43. The molecule has 0 aliphatic carbocycles. The van der Waals surface area contributed by atoms with E-state index < -0.39 is 18.8 Å². The SMILES string of the molecule is Cc1ccc2c3c1[C@@H](CN)OB3OCCO2.Cc1ccc2c3c1[C@@H](CNC(=O)OC(C)(C)C)OB3OCCO2.Cl. The van der Waals surface area contributed by atoms with Crippen molar-refractivity contribution < 1.29 is 37.6 Å². The third-order valence-electron chi connectivity index (χ3n) is 6.89. The van der Waals surface area contributed by atoms with Crippen molar-refractivity contribution in [1.82, 2.24) is 5.32 Å². The molecule has 4 aliphatic rings. The molecule has 0 radical (unpaired) electrons. The summed E-state index contributed by atoms with van der Waals surface area (Å²) in [5.74, 6) is 1.67. The smallest absolute Gasteiger partial charge is 0.492 e. The van der Waals surface area contributed by atoms with Gasteiger partial charge < -0.3 is 43.9 Å². The number of amides is 1. The molecule has 4 heterocycles. The number of hydrogen-bond acceptors (Lipinski definition) is 9. The van der Waals surface area contributed by atoms with Crippen LogP contribution in [0.15, 0.2) is 24.3 Å². The number of carbonyl (C=O) groups excluding carboxylic acids is 1. The molecule has 0 fully saturated rings. The van der Waals surface area contributed by atoms with E-state index in [4.69, 9.17) is 38.6 Å². The van der Waals surface area contributed by atoms with Crippen LogP contribution in [0, 0.1) is 13.8 Å². The number of carbonyl (C=O) groups is 1. The van der Waals surface area contributed by atoms with Crippen LogP contribution < -0.4 is 31.4 Å². The first kappa shape index (κ1) is 30.5. The maximum Gasteiger partial charge on any atom is 0.498 e. The normalized spacial score (nSPS) is 20.4. The molecule has 0 unspecified atom stereocenters. The fourth-order valence-electron chi connectivity index (χ4n) is 5.29. The lowest BCUT2D eigenvalue weighted by molar-refractivity contribution is 0.0494. The Kier molecular flexibility index (Phi) is 9.59. The number of ether oxygens (including phenoxy) is 3. The van der Waals surface area contributed by atoms with Crippen LogP contribution >= 0.6 is 12.4 Å². The number of aryl methyl sites for hydroxylation is 2. The summed E-state index contributed by atoms with van der Waals surface area (Å²) in [5.41, 5.74) is 11.6. The summed E-state index contributed by atoms with van der Waals surface area (Å²) in [5, 5.41) is 2.77. The second kappa shape index (κ2) is 12.6. The zero-order chi connectivity index (χ0) is 27.7. The van der Waals surface area contributed by atoms with E-state index in [-0.39, 0.29) is 31.7 Å². The number of benzene rings is 2. The summed E-state index contributed by atoms with van der Waals surface area (Å²) in [6.45, 7) is 12.5. The van der Waals surface area contributed by atoms with E-state index in [1.165, 1.54) is 5.56 Å². The predicted octanol–water partition coefficient (Wildman–Crippen LogP) is 2.25. The molecule has 2 atom stereocenters. The zero-order valence-corrected chi connectivity index (χ0v) is 24.4. The van der Waals surface area contributed by atoms with Crippen LogP contribution in [0.25, 0.3) is 0 Å². The van der Waals surface area contributed by atoms with Gasteiger partial charge in [0.25, 0.3) is 0 Å². The summed E-state index contributed by atoms with van der Waals surface area (Å²) in [4.78, 5) is 11.9. The van der Waals surface area contributed by atoms with E-state index in [2.05, 4.69) is 12.2 Å². The van der Waals surface area contributed by atoms with Crippen molar-refractivity contribution in [3.05, 3.63) is 46.5 Å². The Bertz CT molecular complexity index is 1230. The molecule has 6 rings (SSSR count). The summed E-state index contributed by atoms with van der Waals surface area (Å²) in [6, 6.07) is 7.99. The standard InChI is InChI=1S/C16H22BNO5.C11H14BNO3.ClH/c1-10-5-6-11-14-13(10)12(23-17(14)21-8-7-20-11)9-18-15(19)22-16(2,3)4;1-7-2-3-8-11-10(7)9(6-13)16-12(11)15-5-4-14-8;/h5-6,12H,7-9H2,1-4H3,(H,18,19);2-3,9H,4-6,13H2,1H3;1H/t12-;9-;/m11./s1. The third kappa shape index (κ3) is 6.37. The molecule has 10 nitrogen and oxygen atoms in total. The lowest BCUT2D eigenvalue weighted by Crippen LogP contribution is -2.35. The van der Waals surface area contributed by atoms with Crippen LogP contribution in [-0.2, 0) is 23.4 Å². The molecule has 1 amide bonds. The second-order valence-corrected chi connectivity index (χ2v) is 10.9. The van der Waals surface area contributed by atoms with Crippen LogP contribution in [-0.4, -0.2) is 65.4 Å². The highest BCUT2D eigenvalue weighted by atomic mass is 35.5. The number of halogens is 1. The van der Waals surface area contributed by atoms with Gasteiger partial charge in [0.1, 0.15) is 30.3 Å². The molecule has 2 aromatic rings. The van der Waals surface area contributed by atoms with E-state index in [9.17, 15) is 4.79 Å². The summed E-state index contributed by atoms with van der Waals surface area (Å²) in [6.07, 6.45) is -0.796. The van der Waals surface area contributed by atoms with Crippen molar-refractivity contribution in [2.75, 3.05) is 39.5 Å². The Morgan fingerprint density at radius 2 is 1.40 bits per heavy atom. The summed E-state index contributed by atoms with van der Waals surface area (Å²) in [7, 11) is -0.742. The highest BCUT2D eigenvalue weighted by Crippen LogP contribution is 2.33. The molecule has 4 aliphatic heterocycles. The van der Waals surface area contributed by atoms with Gasteiger partial charge in [0, 0.05) is 24.0 Å².